The Hall–Kier alpha value is -3.62. The van der Waals surface area contributed by atoms with Crippen LogP contribution >= 0.6 is 0 Å². The molecule has 9 heteroatoms. The molecule has 0 aliphatic heterocycles. The molecule has 0 radical (unpaired) electrons. The van der Waals surface area contributed by atoms with Crippen LogP contribution in [-0.4, -0.2) is 37.1 Å². The number of amides is 1. The van der Waals surface area contributed by atoms with Gasteiger partial charge in [0.05, 0.1) is 12.0 Å². The molecule has 0 saturated carbocycles. The van der Waals surface area contributed by atoms with Gasteiger partial charge in [-0.25, -0.2) is 4.79 Å². The molecule has 0 spiro atoms. The van der Waals surface area contributed by atoms with Crippen LogP contribution in [0.1, 0.15) is 11.1 Å². The maximum Gasteiger partial charge on any atom is 0.344 e. The Labute approximate surface area is 161 Å². The number of nitro groups is 1. The van der Waals surface area contributed by atoms with Gasteiger partial charge in [-0.1, -0.05) is 0 Å². The van der Waals surface area contributed by atoms with E-state index in [0.717, 1.165) is 11.1 Å². The number of hydrogen-bond acceptors (Lipinski definition) is 7. The smallest absolute Gasteiger partial charge is 0.344 e. The van der Waals surface area contributed by atoms with E-state index in [1.165, 1.54) is 19.2 Å². The van der Waals surface area contributed by atoms with E-state index in [2.05, 4.69) is 5.32 Å². The van der Waals surface area contributed by atoms with E-state index < -0.39 is 23.4 Å². The van der Waals surface area contributed by atoms with Crippen LogP contribution in [0.3, 0.4) is 0 Å². The normalized spacial score (nSPS) is 10.1. The predicted octanol–water partition coefficient (Wildman–Crippen LogP) is 2.78. The van der Waals surface area contributed by atoms with Crippen LogP contribution in [0, 0.1) is 24.0 Å². The molecule has 2 aromatic carbocycles. The first-order chi connectivity index (χ1) is 13.3. The fourth-order valence-corrected chi connectivity index (χ4v) is 2.24. The number of nitrogens with zero attached hydrogens (tertiary/aromatic N) is 1. The SMILES string of the molecule is COc1ccc(OCC(=O)OCC(=O)Nc2cc(C)c(C)cc2[N+](=O)[O-])cc1. The standard InChI is InChI=1S/C19H20N2O7/c1-12-8-16(17(21(24)25)9-13(12)2)20-18(22)10-28-19(23)11-27-15-6-4-14(26-3)5-7-15/h4-9H,10-11H2,1-3H3,(H,20,22). The van der Waals surface area contributed by atoms with Crippen molar-refractivity contribution in [3.63, 3.8) is 0 Å². The average Bonchev–Trinajstić information content (AvgIpc) is 2.67. The predicted molar refractivity (Wildman–Crippen MR) is 101 cm³/mol. The fraction of sp³-hybridized carbons (Fsp3) is 0.263. The molecule has 2 rings (SSSR count). The highest BCUT2D eigenvalue weighted by molar-refractivity contribution is 5.95. The van der Waals surface area contributed by atoms with Gasteiger partial charge in [-0.05, 0) is 55.3 Å². The lowest BCUT2D eigenvalue weighted by Gasteiger charge is -2.10. The van der Waals surface area contributed by atoms with Crippen LogP contribution in [0.4, 0.5) is 11.4 Å². The summed E-state index contributed by atoms with van der Waals surface area (Å²) in [6.07, 6.45) is 0. The monoisotopic (exact) mass is 388 g/mol. The number of nitrogens with one attached hydrogen (secondary N) is 1. The Morgan fingerprint density at radius 3 is 2.25 bits per heavy atom. The topological polar surface area (TPSA) is 117 Å². The Morgan fingerprint density at radius 1 is 1.04 bits per heavy atom. The number of esters is 1. The number of methoxy groups -OCH3 is 1. The van der Waals surface area contributed by atoms with Crippen molar-refractivity contribution in [3.05, 3.63) is 57.6 Å². The van der Waals surface area contributed by atoms with E-state index in [0.29, 0.717) is 11.5 Å². The minimum Gasteiger partial charge on any atom is -0.497 e. The lowest BCUT2D eigenvalue weighted by Crippen LogP contribution is -2.24. The van der Waals surface area contributed by atoms with Crippen molar-refractivity contribution in [1.82, 2.24) is 0 Å². The van der Waals surface area contributed by atoms with Crippen LogP contribution in [0.25, 0.3) is 0 Å². The van der Waals surface area contributed by atoms with Crippen LogP contribution in [-0.2, 0) is 14.3 Å². The van der Waals surface area contributed by atoms with Crippen molar-refractivity contribution >= 4 is 23.3 Å². The van der Waals surface area contributed by atoms with E-state index in [-0.39, 0.29) is 18.0 Å². The number of benzene rings is 2. The largest absolute Gasteiger partial charge is 0.497 e. The second kappa shape index (κ2) is 9.36. The highest BCUT2D eigenvalue weighted by Crippen LogP contribution is 2.27. The number of carbonyl (C=O) groups is 2. The highest BCUT2D eigenvalue weighted by Gasteiger charge is 2.18. The first kappa shape index (κ1) is 20.7. The third kappa shape index (κ3) is 5.70. The van der Waals surface area contributed by atoms with Gasteiger partial charge >= 0.3 is 5.97 Å². The molecule has 1 amide bonds. The molecule has 2 aromatic rings. The van der Waals surface area contributed by atoms with E-state index in [4.69, 9.17) is 14.2 Å². The van der Waals surface area contributed by atoms with Gasteiger partial charge in [0.15, 0.2) is 13.2 Å². The summed E-state index contributed by atoms with van der Waals surface area (Å²) in [6.45, 7) is 2.53. The lowest BCUT2D eigenvalue weighted by atomic mass is 10.1. The summed E-state index contributed by atoms with van der Waals surface area (Å²) in [5.74, 6) is -0.357. The second-order valence-corrected chi connectivity index (χ2v) is 5.88. The zero-order valence-electron chi connectivity index (χ0n) is 15.7. The molecule has 0 fully saturated rings. The Morgan fingerprint density at radius 2 is 1.64 bits per heavy atom. The number of carbonyl (C=O) groups excluding carboxylic acids is 2. The number of ether oxygens (including phenoxy) is 3. The number of anilines is 1. The minimum atomic E-state index is -0.749. The third-order valence-corrected chi connectivity index (χ3v) is 3.86. The van der Waals surface area contributed by atoms with Crippen molar-refractivity contribution in [1.29, 1.82) is 0 Å². The van der Waals surface area contributed by atoms with Crippen LogP contribution < -0.4 is 14.8 Å². The van der Waals surface area contributed by atoms with Crippen LogP contribution in [0.2, 0.25) is 0 Å². The van der Waals surface area contributed by atoms with Crippen molar-refractivity contribution < 1.29 is 28.7 Å². The number of rotatable bonds is 8. The fourth-order valence-electron chi connectivity index (χ4n) is 2.24. The summed E-state index contributed by atoms with van der Waals surface area (Å²) < 4.78 is 15.1. The minimum absolute atomic E-state index is 0.0450. The lowest BCUT2D eigenvalue weighted by molar-refractivity contribution is -0.384. The maximum atomic E-state index is 12.0. The average molecular weight is 388 g/mol. The van der Waals surface area contributed by atoms with E-state index in [1.807, 2.05) is 0 Å². The maximum absolute atomic E-state index is 12.0. The molecule has 0 atom stereocenters. The molecular formula is C19H20N2O7. The van der Waals surface area contributed by atoms with Gasteiger partial charge in [0, 0.05) is 6.07 Å². The summed E-state index contributed by atoms with van der Waals surface area (Å²) in [4.78, 5) is 34.2. The molecule has 9 nitrogen and oxygen atoms in total. The van der Waals surface area contributed by atoms with Gasteiger partial charge in [-0.3, -0.25) is 14.9 Å². The molecule has 0 heterocycles. The summed E-state index contributed by atoms with van der Waals surface area (Å²) >= 11 is 0. The first-order valence-electron chi connectivity index (χ1n) is 8.28. The molecule has 0 aliphatic carbocycles. The van der Waals surface area contributed by atoms with Crippen LogP contribution in [0.15, 0.2) is 36.4 Å². The summed E-state index contributed by atoms with van der Waals surface area (Å²) in [7, 11) is 1.53. The van der Waals surface area contributed by atoms with E-state index >= 15 is 0 Å². The zero-order chi connectivity index (χ0) is 20.7. The number of nitro benzene ring substituents is 1. The van der Waals surface area contributed by atoms with Crippen molar-refractivity contribution in [2.45, 2.75) is 13.8 Å². The molecule has 0 unspecified atom stereocenters. The molecule has 0 aliphatic rings. The van der Waals surface area contributed by atoms with Gasteiger partial charge in [-0.2, -0.15) is 0 Å². The molecule has 0 saturated heterocycles. The summed E-state index contributed by atoms with van der Waals surface area (Å²) in [5, 5.41) is 13.5. The van der Waals surface area contributed by atoms with Gasteiger partial charge in [0.2, 0.25) is 0 Å². The van der Waals surface area contributed by atoms with E-state index in [1.54, 1.807) is 38.1 Å². The van der Waals surface area contributed by atoms with Crippen molar-refractivity contribution in [3.8, 4) is 11.5 Å². The quantitative estimate of drug-likeness (QED) is 0.420. The highest BCUT2D eigenvalue weighted by atomic mass is 16.6. The first-order valence-corrected chi connectivity index (χ1v) is 8.28. The number of hydrogen-bond donors (Lipinski definition) is 1. The van der Waals surface area contributed by atoms with Gasteiger partial charge in [0.25, 0.3) is 11.6 Å². The summed E-state index contributed by atoms with van der Waals surface area (Å²) in [5.41, 5.74) is 1.33. The molecular weight excluding hydrogens is 368 g/mol. The van der Waals surface area contributed by atoms with Crippen LogP contribution in [0.5, 0.6) is 11.5 Å². The van der Waals surface area contributed by atoms with Gasteiger partial charge < -0.3 is 19.5 Å². The zero-order valence-corrected chi connectivity index (χ0v) is 15.7. The molecule has 28 heavy (non-hydrogen) atoms. The molecule has 0 bridgehead atoms. The van der Waals surface area contributed by atoms with Crippen molar-refractivity contribution in [2.75, 3.05) is 25.6 Å². The Bertz CT molecular complexity index is 879. The van der Waals surface area contributed by atoms with Gasteiger partial charge in [-0.15, -0.1) is 0 Å². The van der Waals surface area contributed by atoms with Gasteiger partial charge in [0.1, 0.15) is 17.2 Å². The Kier molecular flexibility index (Phi) is 6.91. The molecule has 148 valence electrons. The second-order valence-electron chi connectivity index (χ2n) is 5.88. The summed E-state index contributed by atoms with van der Waals surface area (Å²) in [6, 6.07) is 9.46. The molecule has 0 aromatic heterocycles. The third-order valence-electron chi connectivity index (χ3n) is 3.86. The van der Waals surface area contributed by atoms with E-state index in [9.17, 15) is 19.7 Å². The molecule has 1 N–H and O–H groups in total. The number of aryl methyl sites for hydroxylation is 2. The Balaban J connectivity index is 1.85. The van der Waals surface area contributed by atoms with Crippen molar-refractivity contribution in [2.24, 2.45) is 0 Å².